The van der Waals surface area contributed by atoms with Gasteiger partial charge in [0, 0.05) is 19.7 Å². The summed E-state index contributed by atoms with van der Waals surface area (Å²) in [6, 6.07) is 0. The average molecular weight is 268 g/mol. The number of esters is 1. The van der Waals surface area contributed by atoms with Crippen LogP contribution in [0.4, 0.5) is 0 Å². The minimum Gasteiger partial charge on any atom is -0.480 e. The van der Waals surface area contributed by atoms with Crippen molar-refractivity contribution in [1.29, 1.82) is 0 Å². The van der Waals surface area contributed by atoms with Crippen molar-refractivity contribution in [1.82, 2.24) is 9.78 Å². The zero-order valence-corrected chi connectivity index (χ0v) is 11.5. The van der Waals surface area contributed by atoms with E-state index in [4.69, 9.17) is 4.74 Å². The van der Waals surface area contributed by atoms with Crippen molar-refractivity contribution in [3.63, 3.8) is 0 Å². The molecule has 0 amide bonds. The molecule has 0 saturated carbocycles. The molecule has 0 aliphatic rings. The fourth-order valence-corrected chi connectivity index (χ4v) is 2.14. The van der Waals surface area contributed by atoms with Crippen LogP contribution in [-0.4, -0.2) is 33.4 Å². The summed E-state index contributed by atoms with van der Waals surface area (Å²) in [4.78, 5) is 23.7. The van der Waals surface area contributed by atoms with Gasteiger partial charge in [-0.2, -0.15) is 5.10 Å². The summed E-state index contributed by atoms with van der Waals surface area (Å²) in [7, 11) is 1.75. The number of ether oxygens (including phenoxy) is 1. The van der Waals surface area contributed by atoms with Crippen molar-refractivity contribution in [3.05, 3.63) is 18.0 Å². The van der Waals surface area contributed by atoms with Gasteiger partial charge in [0.05, 0.1) is 12.8 Å². The van der Waals surface area contributed by atoms with Gasteiger partial charge in [-0.25, -0.2) is 0 Å². The van der Waals surface area contributed by atoms with E-state index in [1.54, 1.807) is 31.0 Å². The number of aromatic nitrogens is 2. The molecular weight excluding hydrogens is 248 g/mol. The van der Waals surface area contributed by atoms with Gasteiger partial charge in [-0.15, -0.1) is 0 Å². The molecule has 1 atom stereocenters. The largest absolute Gasteiger partial charge is 0.480 e. The summed E-state index contributed by atoms with van der Waals surface area (Å²) in [5.74, 6) is -1.81. The molecule has 0 aliphatic carbocycles. The molecule has 0 radical (unpaired) electrons. The molecule has 0 bridgehead atoms. The van der Waals surface area contributed by atoms with Crippen LogP contribution >= 0.6 is 0 Å². The van der Waals surface area contributed by atoms with Crippen LogP contribution in [0.25, 0.3) is 0 Å². The van der Waals surface area contributed by atoms with E-state index in [9.17, 15) is 14.7 Å². The van der Waals surface area contributed by atoms with E-state index in [0.29, 0.717) is 12.0 Å². The lowest BCUT2D eigenvalue weighted by Crippen LogP contribution is -2.42. The Morgan fingerprint density at radius 1 is 1.47 bits per heavy atom. The molecule has 0 spiro atoms. The number of hydrogen-bond acceptors (Lipinski definition) is 4. The molecule has 1 unspecified atom stereocenters. The van der Waals surface area contributed by atoms with E-state index >= 15 is 0 Å². The van der Waals surface area contributed by atoms with Crippen molar-refractivity contribution in [2.45, 2.75) is 33.1 Å². The number of rotatable bonds is 7. The zero-order valence-electron chi connectivity index (χ0n) is 11.5. The van der Waals surface area contributed by atoms with Crippen molar-refractivity contribution in [2.75, 3.05) is 6.61 Å². The highest BCUT2D eigenvalue weighted by Gasteiger charge is 2.47. The highest BCUT2D eigenvalue weighted by atomic mass is 16.5. The number of nitrogens with zero attached hydrogens (tertiary/aromatic N) is 2. The molecule has 6 nitrogen and oxygen atoms in total. The fraction of sp³-hybridized carbons (Fsp3) is 0.615. The molecule has 0 aromatic carbocycles. The lowest BCUT2D eigenvalue weighted by molar-refractivity contribution is -0.169. The van der Waals surface area contributed by atoms with Gasteiger partial charge in [-0.05, 0) is 18.9 Å². The molecular formula is C13H20N2O4. The first kappa shape index (κ1) is 15.2. The van der Waals surface area contributed by atoms with Gasteiger partial charge in [0.15, 0.2) is 5.41 Å². The van der Waals surface area contributed by atoms with Crippen LogP contribution in [0.2, 0.25) is 0 Å². The van der Waals surface area contributed by atoms with Gasteiger partial charge >= 0.3 is 11.9 Å². The highest BCUT2D eigenvalue weighted by molar-refractivity contribution is 5.99. The van der Waals surface area contributed by atoms with Crippen LogP contribution in [0, 0.1) is 5.41 Å². The van der Waals surface area contributed by atoms with Gasteiger partial charge in [0.2, 0.25) is 0 Å². The summed E-state index contributed by atoms with van der Waals surface area (Å²) >= 11 is 0. The van der Waals surface area contributed by atoms with Crippen LogP contribution in [0.15, 0.2) is 12.4 Å². The van der Waals surface area contributed by atoms with Crippen LogP contribution in [0.1, 0.15) is 32.3 Å². The molecule has 19 heavy (non-hydrogen) atoms. The number of aliphatic carboxylic acids is 1. The summed E-state index contributed by atoms with van der Waals surface area (Å²) in [5.41, 5.74) is -0.806. The molecule has 1 aromatic heterocycles. The Bertz CT molecular complexity index is 455. The third-order valence-electron chi connectivity index (χ3n) is 3.02. The minimum absolute atomic E-state index is 0.100. The van der Waals surface area contributed by atoms with E-state index in [-0.39, 0.29) is 19.4 Å². The molecule has 1 heterocycles. The standard InChI is InChI=1S/C13H20N2O4/c1-4-6-13(11(16)17,12(18)19-5-2)7-10-8-14-15(3)9-10/h8-9H,4-7H2,1-3H3,(H,16,17). The Labute approximate surface area is 112 Å². The highest BCUT2D eigenvalue weighted by Crippen LogP contribution is 2.31. The first-order valence-corrected chi connectivity index (χ1v) is 6.34. The Kier molecular flexibility index (Phi) is 5.09. The summed E-state index contributed by atoms with van der Waals surface area (Å²) < 4.78 is 6.54. The predicted molar refractivity (Wildman–Crippen MR) is 68.5 cm³/mol. The maximum absolute atomic E-state index is 12.1. The van der Waals surface area contributed by atoms with Gasteiger partial charge < -0.3 is 9.84 Å². The minimum atomic E-state index is -1.52. The maximum Gasteiger partial charge on any atom is 0.323 e. The van der Waals surface area contributed by atoms with E-state index in [0.717, 1.165) is 0 Å². The van der Waals surface area contributed by atoms with Crippen molar-refractivity contribution in [2.24, 2.45) is 12.5 Å². The first-order valence-electron chi connectivity index (χ1n) is 6.34. The normalized spacial score (nSPS) is 13.8. The molecule has 106 valence electrons. The fourth-order valence-electron chi connectivity index (χ4n) is 2.14. The molecule has 1 aromatic rings. The monoisotopic (exact) mass is 268 g/mol. The second kappa shape index (κ2) is 6.36. The van der Waals surface area contributed by atoms with E-state index < -0.39 is 17.4 Å². The summed E-state index contributed by atoms with van der Waals surface area (Å²) in [6.45, 7) is 3.69. The van der Waals surface area contributed by atoms with Gasteiger partial charge in [0.1, 0.15) is 0 Å². The number of carboxylic acids is 1. The smallest absolute Gasteiger partial charge is 0.323 e. The van der Waals surface area contributed by atoms with Crippen LogP contribution in [0.3, 0.4) is 0 Å². The van der Waals surface area contributed by atoms with Crippen LogP contribution in [-0.2, 0) is 27.8 Å². The van der Waals surface area contributed by atoms with E-state index in [1.165, 1.54) is 0 Å². The second-order valence-electron chi connectivity index (χ2n) is 4.56. The lowest BCUT2D eigenvalue weighted by atomic mass is 9.78. The molecule has 0 saturated heterocycles. The average Bonchev–Trinajstić information content (AvgIpc) is 2.74. The molecule has 6 heteroatoms. The van der Waals surface area contributed by atoms with Crippen LogP contribution < -0.4 is 0 Å². The summed E-state index contributed by atoms with van der Waals surface area (Å²) in [6.07, 6.45) is 4.23. The molecule has 0 fully saturated rings. The number of hydrogen-bond donors (Lipinski definition) is 1. The van der Waals surface area contributed by atoms with Gasteiger partial charge in [-0.1, -0.05) is 13.3 Å². The number of carboxylic acid groups (broad SMARTS) is 1. The Hall–Kier alpha value is -1.85. The number of aryl methyl sites for hydroxylation is 1. The lowest BCUT2D eigenvalue weighted by Gasteiger charge is -2.26. The SMILES string of the molecule is CCCC(Cc1cnn(C)c1)(C(=O)O)C(=O)OCC. The zero-order chi connectivity index (χ0) is 14.5. The third kappa shape index (κ3) is 3.33. The van der Waals surface area contributed by atoms with Crippen molar-refractivity contribution in [3.8, 4) is 0 Å². The van der Waals surface area contributed by atoms with E-state index in [2.05, 4.69) is 5.10 Å². The van der Waals surface area contributed by atoms with Gasteiger partial charge in [-0.3, -0.25) is 14.3 Å². The Balaban J connectivity index is 3.08. The van der Waals surface area contributed by atoms with Gasteiger partial charge in [0.25, 0.3) is 0 Å². The molecule has 1 N–H and O–H groups in total. The van der Waals surface area contributed by atoms with Crippen LogP contribution in [0.5, 0.6) is 0 Å². The summed E-state index contributed by atoms with van der Waals surface area (Å²) in [5, 5.41) is 13.5. The predicted octanol–water partition coefficient (Wildman–Crippen LogP) is 1.40. The van der Waals surface area contributed by atoms with Crippen molar-refractivity contribution < 1.29 is 19.4 Å². The Morgan fingerprint density at radius 3 is 2.58 bits per heavy atom. The molecule has 0 aliphatic heterocycles. The van der Waals surface area contributed by atoms with E-state index in [1.807, 2.05) is 6.92 Å². The molecule has 1 rings (SSSR count). The quantitative estimate of drug-likeness (QED) is 0.597. The maximum atomic E-state index is 12.1. The third-order valence-corrected chi connectivity index (χ3v) is 3.02. The first-order chi connectivity index (χ1) is 8.96. The van der Waals surface area contributed by atoms with Crippen molar-refractivity contribution >= 4 is 11.9 Å². The Morgan fingerprint density at radius 2 is 2.16 bits per heavy atom. The second-order valence-corrected chi connectivity index (χ2v) is 4.56. The number of carbonyl (C=O) groups excluding carboxylic acids is 1. The number of carbonyl (C=O) groups is 2. The topological polar surface area (TPSA) is 81.4 Å².